The molecule has 1 amide bonds. The first-order valence-corrected chi connectivity index (χ1v) is 9.34. The zero-order valence-electron chi connectivity index (χ0n) is 14.4. The standard InChI is InChI=1S/C16H27N3O2S.ClH/c1-11(2)13-8-19(6-5-7-22-4)9-14(13)18-16(20)15-12(3)21-10-17-15;/h10-11,13-14H,5-9H2,1-4H3,(H,18,20);1H/t13-,14+;/m1./s1. The summed E-state index contributed by atoms with van der Waals surface area (Å²) in [4.78, 5) is 18.8. The first-order chi connectivity index (χ1) is 10.5. The highest BCUT2D eigenvalue weighted by Gasteiger charge is 2.35. The molecule has 23 heavy (non-hydrogen) atoms. The molecule has 0 aliphatic carbocycles. The van der Waals surface area contributed by atoms with Gasteiger partial charge in [-0.05, 0) is 43.7 Å². The van der Waals surface area contributed by atoms with Crippen LogP contribution in [0.3, 0.4) is 0 Å². The van der Waals surface area contributed by atoms with E-state index < -0.39 is 0 Å². The molecule has 0 aromatic carbocycles. The molecule has 5 nitrogen and oxygen atoms in total. The third kappa shape index (κ3) is 5.40. The average molecular weight is 362 g/mol. The second-order valence-electron chi connectivity index (χ2n) is 6.35. The van der Waals surface area contributed by atoms with E-state index >= 15 is 0 Å². The number of aryl methyl sites for hydroxylation is 1. The maximum atomic E-state index is 12.4. The number of amides is 1. The number of nitrogens with one attached hydrogen (secondary N) is 1. The maximum Gasteiger partial charge on any atom is 0.273 e. The number of carbonyl (C=O) groups excluding carboxylic acids is 1. The minimum absolute atomic E-state index is 0. The molecule has 0 spiro atoms. The lowest BCUT2D eigenvalue weighted by Gasteiger charge is -2.22. The Kier molecular flexibility index (Phi) is 8.44. The Balaban J connectivity index is 0.00000264. The van der Waals surface area contributed by atoms with E-state index in [-0.39, 0.29) is 24.4 Å². The molecule has 0 unspecified atom stereocenters. The summed E-state index contributed by atoms with van der Waals surface area (Å²) < 4.78 is 5.13. The number of hydrogen-bond acceptors (Lipinski definition) is 5. The molecule has 1 N–H and O–H groups in total. The highest BCUT2D eigenvalue weighted by atomic mass is 35.5. The molecular weight excluding hydrogens is 334 g/mol. The molecule has 0 radical (unpaired) electrons. The molecule has 1 aromatic heterocycles. The summed E-state index contributed by atoms with van der Waals surface area (Å²) in [5.41, 5.74) is 0.406. The van der Waals surface area contributed by atoms with Crippen molar-refractivity contribution in [3.8, 4) is 0 Å². The van der Waals surface area contributed by atoms with Gasteiger partial charge in [-0.2, -0.15) is 11.8 Å². The quantitative estimate of drug-likeness (QED) is 0.757. The van der Waals surface area contributed by atoms with Gasteiger partial charge >= 0.3 is 0 Å². The molecule has 7 heteroatoms. The molecule has 1 aromatic rings. The zero-order valence-corrected chi connectivity index (χ0v) is 16.0. The van der Waals surface area contributed by atoms with Crippen LogP contribution in [0.1, 0.15) is 36.5 Å². The largest absolute Gasteiger partial charge is 0.448 e. The SMILES string of the molecule is CSCCCN1C[C@H](NC(=O)c2ncoc2C)[C@@H](C(C)C)C1.Cl. The van der Waals surface area contributed by atoms with Crippen molar-refractivity contribution >= 4 is 30.1 Å². The second-order valence-corrected chi connectivity index (χ2v) is 7.34. The van der Waals surface area contributed by atoms with E-state index in [9.17, 15) is 4.79 Å². The third-order valence-corrected chi connectivity index (χ3v) is 5.09. The molecule has 1 saturated heterocycles. The van der Waals surface area contributed by atoms with Crippen molar-refractivity contribution in [1.82, 2.24) is 15.2 Å². The number of hydrogen-bond donors (Lipinski definition) is 1. The van der Waals surface area contributed by atoms with Gasteiger partial charge in [0.2, 0.25) is 0 Å². The lowest BCUT2D eigenvalue weighted by molar-refractivity contribution is 0.0919. The number of rotatable bonds is 7. The van der Waals surface area contributed by atoms with Crippen molar-refractivity contribution in [2.45, 2.75) is 33.2 Å². The van der Waals surface area contributed by atoms with Crippen LogP contribution < -0.4 is 5.32 Å². The van der Waals surface area contributed by atoms with Gasteiger partial charge in [0.1, 0.15) is 5.76 Å². The van der Waals surface area contributed by atoms with Crippen LogP contribution >= 0.6 is 24.2 Å². The van der Waals surface area contributed by atoms with E-state index in [1.165, 1.54) is 18.6 Å². The molecule has 132 valence electrons. The van der Waals surface area contributed by atoms with Crippen molar-refractivity contribution < 1.29 is 9.21 Å². The number of carbonyl (C=O) groups is 1. The van der Waals surface area contributed by atoms with Crippen LogP contribution in [-0.2, 0) is 0 Å². The van der Waals surface area contributed by atoms with Crippen molar-refractivity contribution in [3.05, 3.63) is 17.8 Å². The predicted molar refractivity (Wildman–Crippen MR) is 97.5 cm³/mol. The third-order valence-electron chi connectivity index (χ3n) is 4.40. The minimum atomic E-state index is -0.118. The van der Waals surface area contributed by atoms with Crippen molar-refractivity contribution in [3.63, 3.8) is 0 Å². The first kappa shape index (κ1) is 20.3. The fourth-order valence-corrected chi connectivity index (χ4v) is 3.53. The molecule has 1 aliphatic rings. The zero-order chi connectivity index (χ0) is 16.1. The molecule has 0 saturated carbocycles. The monoisotopic (exact) mass is 361 g/mol. The average Bonchev–Trinajstić information content (AvgIpc) is 3.05. The van der Waals surface area contributed by atoms with Gasteiger partial charge in [-0.3, -0.25) is 4.79 Å². The Labute approximate surface area is 149 Å². The fraction of sp³-hybridized carbons (Fsp3) is 0.750. The highest BCUT2D eigenvalue weighted by molar-refractivity contribution is 7.98. The topological polar surface area (TPSA) is 58.4 Å². The van der Waals surface area contributed by atoms with Crippen LogP contribution in [0.25, 0.3) is 0 Å². The van der Waals surface area contributed by atoms with Crippen LogP contribution in [0.4, 0.5) is 0 Å². The molecule has 1 aliphatic heterocycles. The van der Waals surface area contributed by atoms with Gasteiger partial charge in [0.25, 0.3) is 5.91 Å². The fourth-order valence-electron chi connectivity index (χ4n) is 3.12. The predicted octanol–water partition coefficient (Wildman–Crippen LogP) is 2.84. The van der Waals surface area contributed by atoms with Gasteiger partial charge in [-0.15, -0.1) is 12.4 Å². The number of thioether (sulfide) groups is 1. The minimum Gasteiger partial charge on any atom is -0.448 e. The lowest BCUT2D eigenvalue weighted by Crippen LogP contribution is -2.42. The van der Waals surface area contributed by atoms with Gasteiger partial charge in [-0.1, -0.05) is 13.8 Å². The Morgan fingerprint density at radius 3 is 2.83 bits per heavy atom. The van der Waals surface area contributed by atoms with Gasteiger partial charge in [0, 0.05) is 19.1 Å². The first-order valence-electron chi connectivity index (χ1n) is 7.95. The van der Waals surface area contributed by atoms with Crippen LogP contribution in [0.2, 0.25) is 0 Å². The summed E-state index contributed by atoms with van der Waals surface area (Å²) in [6.45, 7) is 9.34. The number of likely N-dealkylation sites (tertiary alicyclic amines) is 1. The summed E-state index contributed by atoms with van der Waals surface area (Å²) in [5.74, 6) is 2.69. The Morgan fingerprint density at radius 1 is 1.52 bits per heavy atom. The lowest BCUT2D eigenvalue weighted by atomic mass is 9.91. The van der Waals surface area contributed by atoms with Gasteiger partial charge in [0.15, 0.2) is 12.1 Å². The highest BCUT2D eigenvalue weighted by Crippen LogP contribution is 2.25. The smallest absolute Gasteiger partial charge is 0.273 e. The molecular formula is C16H28ClN3O2S. The summed E-state index contributed by atoms with van der Waals surface area (Å²) >= 11 is 1.89. The maximum absolute atomic E-state index is 12.4. The van der Waals surface area contributed by atoms with Gasteiger partial charge < -0.3 is 14.6 Å². The van der Waals surface area contributed by atoms with E-state index in [4.69, 9.17) is 4.42 Å². The van der Waals surface area contributed by atoms with E-state index in [1.54, 1.807) is 6.92 Å². The molecule has 2 heterocycles. The number of aromatic nitrogens is 1. The Bertz CT molecular complexity index is 495. The summed E-state index contributed by atoms with van der Waals surface area (Å²) in [5, 5.41) is 3.17. The number of nitrogens with zero attached hydrogens (tertiary/aromatic N) is 2. The van der Waals surface area contributed by atoms with E-state index in [0.717, 1.165) is 19.6 Å². The van der Waals surface area contributed by atoms with Crippen LogP contribution in [0, 0.1) is 18.8 Å². The number of halogens is 1. The summed E-state index contributed by atoms with van der Waals surface area (Å²) in [6, 6.07) is 0.192. The van der Waals surface area contributed by atoms with E-state index in [2.05, 4.69) is 35.3 Å². The van der Waals surface area contributed by atoms with Crippen molar-refractivity contribution in [1.29, 1.82) is 0 Å². The van der Waals surface area contributed by atoms with Gasteiger partial charge in [0.05, 0.1) is 0 Å². The molecule has 1 fully saturated rings. The van der Waals surface area contributed by atoms with Crippen molar-refractivity contribution in [2.75, 3.05) is 31.6 Å². The van der Waals surface area contributed by atoms with Crippen LogP contribution in [0.15, 0.2) is 10.8 Å². The van der Waals surface area contributed by atoms with Crippen LogP contribution in [-0.4, -0.2) is 53.5 Å². The molecule has 2 rings (SSSR count). The Hall–Kier alpha value is -0.720. The number of oxazole rings is 1. The molecule has 0 bridgehead atoms. The van der Waals surface area contributed by atoms with E-state index in [0.29, 0.717) is 23.3 Å². The second kappa shape index (κ2) is 9.55. The van der Waals surface area contributed by atoms with Gasteiger partial charge in [-0.25, -0.2) is 4.98 Å². The summed E-state index contributed by atoms with van der Waals surface area (Å²) in [6.07, 6.45) is 4.67. The van der Waals surface area contributed by atoms with E-state index in [1.807, 2.05) is 11.8 Å². The summed E-state index contributed by atoms with van der Waals surface area (Å²) in [7, 11) is 0. The van der Waals surface area contributed by atoms with Crippen LogP contribution in [0.5, 0.6) is 0 Å². The molecule has 2 atom stereocenters. The normalized spacial score (nSPS) is 21.4. The van der Waals surface area contributed by atoms with Crippen molar-refractivity contribution in [2.24, 2.45) is 11.8 Å². The Morgan fingerprint density at radius 2 is 2.26 bits per heavy atom.